The number of halogens is 1. The van der Waals surface area contributed by atoms with Crippen molar-refractivity contribution in [3.05, 3.63) is 76.1 Å². The van der Waals surface area contributed by atoms with Gasteiger partial charge in [-0.2, -0.15) is 0 Å². The lowest BCUT2D eigenvalue weighted by Gasteiger charge is -2.30. The highest BCUT2D eigenvalue weighted by Crippen LogP contribution is 2.49. The first kappa shape index (κ1) is 16.8. The molecular formula is C22H21FO3. The number of ether oxygens (including phenoxy) is 2. The van der Waals surface area contributed by atoms with Crippen molar-refractivity contribution in [1.29, 1.82) is 0 Å². The second kappa shape index (κ2) is 6.27. The van der Waals surface area contributed by atoms with E-state index >= 15 is 0 Å². The van der Waals surface area contributed by atoms with Crippen molar-refractivity contribution in [3.63, 3.8) is 0 Å². The van der Waals surface area contributed by atoms with Gasteiger partial charge >= 0.3 is 5.97 Å². The fourth-order valence-corrected chi connectivity index (χ4v) is 4.09. The van der Waals surface area contributed by atoms with Crippen molar-refractivity contribution in [3.8, 4) is 5.75 Å². The van der Waals surface area contributed by atoms with E-state index in [-0.39, 0.29) is 30.4 Å². The fourth-order valence-electron chi connectivity index (χ4n) is 4.09. The van der Waals surface area contributed by atoms with Crippen molar-refractivity contribution in [2.75, 3.05) is 0 Å². The van der Waals surface area contributed by atoms with Crippen molar-refractivity contribution < 1.29 is 18.7 Å². The zero-order valence-corrected chi connectivity index (χ0v) is 15.0. The molecule has 26 heavy (non-hydrogen) atoms. The molecule has 0 unspecified atom stereocenters. The molecule has 0 amide bonds. The van der Waals surface area contributed by atoms with E-state index in [1.54, 1.807) is 18.2 Å². The summed E-state index contributed by atoms with van der Waals surface area (Å²) in [7, 11) is 0. The average Bonchev–Trinajstić information content (AvgIpc) is 2.92. The first-order valence-electron chi connectivity index (χ1n) is 8.86. The average molecular weight is 352 g/mol. The van der Waals surface area contributed by atoms with Crippen LogP contribution in [0.15, 0.2) is 42.5 Å². The summed E-state index contributed by atoms with van der Waals surface area (Å²) in [5, 5.41) is 0. The molecule has 0 radical (unpaired) electrons. The molecule has 1 heterocycles. The highest BCUT2D eigenvalue weighted by molar-refractivity contribution is 5.91. The maximum absolute atomic E-state index is 13.9. The molecule has 1 aliphatic heterocycles. The Balaban J connectivity index is 1.69. The van der Waals surface area contributed by atoms with Gasteiger partial charge in [0.15, 0.2) is 0 Å². The van der Waals surface area contributed by atoms with Crippen molar-refractivity contribution in [1.82, 2.24) is 0 Å². The lowest BCUT2D eigenvalue weighted by molar-refractivity contribution is -0.139. The minimum atomic E-state index is -0.303. The number of rotatable bonds is 3. The molecule has 0 aromatic heterocycles. The van der Waals surface area contributed by atoms with Gasteiger partial charge in [-0.25, -0.2) is 9.18 Å². The van der Waals surface area contributed by atoms with E-state index in [2.05, 4.69) is 6.58 Å². The normalized spacial score (nSPS) is 21.2. The maximum atomic E-state index is 13.9. The monoisotopic (exact) mass is 352 g/mol. The van der Waals surface area contributed by atoms with Crippen LogP contribution in [0.4, 0.5) is 4.39 Å². The van der Waals surface area contributed by atoms with E-state index in [0.29, 0.717) is 16.9 Å². The van der Waals surface area contributed by atoms with E-state index in [1.807, 2.05) is 19.9 Å². The summed E-state index contributed by atoms with van der Waals surface area (Å²) in [4.78, 5) is 12.0. The summed E-state index contributed by atoms with van der Waals surface area (Å²) in [6.45, 7) is 8.08. The Labute approximate surface area is 152 Å². The Hall–Kier alpha value is -2.62. The third-order valence-electron chi connectivity index (χ3n) is 5.56. The van der Waals surface area contributed by atoms with E-state index < -0.39 is 0 Å². The summed E-state index contributed by atoms with van der Waals surface area (Å²) in [5.41, 5.74) is 5.41. The van der Waals surface area contributed by atoms with Crippen LogP contribution < -0.4 is 4.74 Å². The molecule has 2 aromatic carbocycles. The second-order valence-electron chi connectivity index (χ2n) is 7.09. The van der Waals surface area contributed by atoms with Crippen LogP contribution in [-0.2, 0) is 22.6 Å². The number of hydrogen-bond acceptors (Lipinski definition) is 3. The van der Waals surface area contributed by atoms with Crippen LogP contribution in [0.5, 0.6) is 5.75 Å². The molecule has 4 heteroatoms. The van der Waals surface area contributed by atoms with Crippen LogP contribution in [-0.4, -0.2) is 5.97 Å². The lowest BCUT2D eigenvalue weighted by Crippen LogP contribution is -2.20. The SMILES string of the molecule is C=C1C(=O)O[C@H]2c3c(C)c(OCc4ccccc4F)cc(C)c3CC[C@@H]12. The third-order valence-corrected chi connectivity index (χ3v) is 5.56. The molecule has 2 aromatic rings. The molecule has 3 nitrogen and oxygen atoms in total. The molecule has 1 saturated heterocycles. The number of carbonyl (C=O) groups excluding carboxylic acids is 1. The minimum Gasteiger partial charge on any atom is -0.489 e. The Morgan fingerprint density at radius 3 is 2.85 bits per heavy atom. The van der Waals surface area contributed by atoms with Gasteiger partial charge in [0.25, 0.3) is 0 Å². The summed E-state index contributed by atoms with van der Waals surface area (Å²) in [6, 6.07) is 8.60. The Morgan fingerprint density at radius 2 is 2.08 bits per heavy atom. The van der Waals surface area contributed by atoms with Crippen molar-refractivity contribution in [2.45, 2.75) is 39.4 Å². The van der Waals surface area contributed by atoms with Gasteiger partial charge in [0.05, 0.1) is 0 Å². The lowest BCUT2D eigenvalue weighted by atomic mass is 9.76. The van der Waals surface area contributed by atoms with Gasteiger partial charge in [-0.05, 0) is 55.5 Å². The van der Waals surface area contributed by atoms with Gasteiger partial charge in [0, 0.05) is 22.6 Å². The van der Waals surface area contributed by atoms with Gasteiger partial charge in [0.1, 0.15) is 24.3 Å². The molecule has 1 fully saturated rings. The third kappa shape index (κ3) is 2.61. The van der Waals surface area contributed by atoms with Gasteiger partial charge in [-0.3, -0.25) is 0 Å². The minimum absolute atomic E-state index is 0.0370. The number of esters is 1. The zero-order chi connectivity index (χ0) is 18.4. The molecule has 0 N–H and O–H groups in total. The van der Waals surface area contributed by atoms with Gasteiger partial charge < -0.3 is 9.47 Å². The van der Waals surface area contributed by atoms with Crippen LogP contribution >= 0.6 is 0 Å². The quantitative estimate of drug-likeness (QED) is 0.591. The summed E-state index contributed by atoms with van der Waals surface area (Å²) in [5.74, 6) is 0.164. The first-order valence-corrected chi connectivity index (χ1v) is 8.86. The number of fused-ring (bicyclic) bond motifs is 3. The second-order valence-corrected chi connectivity index (χ2v) is 7.09. The van der Waals surface area contributed by atoms with Crippen molar-refractivity contribution in [2.24, 2.45) is 5.92 Å². The molecule has 134 valence electrons. The van der Waals surface area contributed by atoms with Crippen LogP contribution in [0, 0.1) is 25.6 Å². The first-order chi connectivity index (χ1) is 12.5. The molecular weight excluding hydrogens is 331 g/mol. The standard InChI is InChI=1S/C22H21FO3/c1-12-10-19(25-11-15-6-4-5-7-18(15)23)14(3)20-16(12)8-9-17-13(2)22(24)26-21(17)20/h4-7,10,17,21H,2,8-9,11H2,1,3H3/t17-,21+/m0/s1. The zero-order valence-electron chi connectivity index (χ0n) is 15.0. The summed E-state index contributed by atoms with van der Waals surface area (Å²) >= 11 is 0. The number of carbonyl (C=O) groups is 1. The van der Waals surface area contributed by atoms with E-state index in [9.17, 15) is 9.18 Å². The summed E-state index contributed by atoms with van der Waals surface area (Å²) < 4.78 is 25.4. The number of benzene rings is 2. The van der Waals surface area contributed by atoms with Crippen molar-refractivity contribution >= 4 is 5.97 Å². The predicted molar refractivity (Wildman–Crippen MR) is 96.4 cm³/mol. The highest BCUT2D eigenvalue weighted by Gasteiger charge is 2.44. The molecule has 2 atom stereocenters. The Bertz CT molecular complexity index is 916. The highest BCUT2D eigenvalue weighted by atomic mass is 19.1. The van der Waals surface area contributed by atoms with Gasteiger partial charge in [0.2, 0.25) is 0 Å². The van der Waals surface area contributed by atoms with E-state index in [0.717, 1.165) is 29.5 Å². The molecule has 0 bridgehead atoms. The van der Waals surface area contributed by atoms with Crippen LogP contribution in [0.3, 0.4) is 0 Å². The number of hydrogen-bond donors (Lipinski definition) is 0. The van der Waals surface area contributed by atoms with Crippen LogP contribution in [0.25, 0.3) is 0 Å². The number of aryl methyl sites for hydroxylation is 1. The van der Waals surface area contributed by atoms with Crippen LogP contribution in [0.1, 0.15) is 40.3 Å². The molecule has 4 rings (SSSR count). The Kier molecular flexibility index (Phi) is 4.06. The topological polar surface area (TPSA) is 35.5 Å². The largest absolute Gasteiger partial charge is 0.489 e. The predicted octanol–water partition coefficient (Wildman–Crippen LogP) is 4.74. The summed E-state index contributed by atoms with van der Waals surface area (Å²) in [6.07, 6.45) is 1.49. The van der Waals surface area contributed by atoms with Gasteiger partial charge in [-0.15, -0.1) is 0 Å². The van der Waals surface area contributed by atoms with E-state index in [1.165, 1.54) is 11.6 Å². The van der Waals surface area contributed by atoms with Crippen LogP contribution in [0.2, 0.25) is 0 Å². The molecule has 0 saturated carbocycles. The van der Waals surface area contributed by atoms with Gasteiger partial charge in [-0.1, -0.05) is 24.8 Å². The smallest absolute Gasteiger partial charge is 0.334 e. The molecule has 2 aliphatic rings. The Morgan fingerprint density at radius 1 is 1.31 bits per heavy atom. The van der Waals surface area contributed by atoms with E-state index in [4.69, 9.17) is 9.47 Å². The molecule has 1 aliphatic carbocycles. The fraction of sp³-hybridized carbons (Fsp3) is 0.318. The maximum Gasteiger partial charge on any atom is 0.334 e. The molecule has 0 spiro atoms.